The lowest BCUT2D eigenvalue weighted by Gasteiger charge is -2.21. The normalized spacial score (nSPS) is 24.2. The molecule has 146 valence electrons. The van der Waals surface area contributed by atoms with Crippen molar-refractivity contribution in [2.45, 2.75) is 44.3 Å². The van der Waals surface area contributed by atoms with Gasteiger partial charge in [-0.25, -0.2) is 13.6 Å². The van der Waals surface area contributed by atoms with Crippen molar-refractivity contribution in [2.24, 2.45) is 5.92 Å². The molecule has 0 aromatic heterocycles. The first-order chi connectivity index (χ1) is 12.2. The van der Waals surface area contributed by atoms with Gasteiger partial charge >= 0.3 is 6.09 Å². The number of ether oxygens (including phenoxy) is 1. The smallest absolute Gasteiger partial charge is 0.407 e. The highest BCUT2D eigenvalue weighted by molar-refractivity contribution is 7.85. The van der Waals surface area contributed by atoms with Crippen LogP contribution < -0.4 is 5.32 Å². The standard InChI is InChI=1S/C17H23F2NO5S/c1-26(22,23)25-11-14(7-13-8-15(18)16(19)9-13)20-17(21)24-10-12-5-3-2-4-6-12/h2-6,13-16H,7-11H2,1H3,(H,20,21)/t13-,14-,15+,16-/m0/s1. The van der Waals surface area contributed by atoms with Gasteiger partial charge in [-0.2, -0.15) is 8.42 Å². The first-order valence-corrected chi connectivity index (χ1v) is 10.1. The Morgan fingerprint density at radius 1 is 1.23 bits per heavy atom. The van der Waals surface area contributed by atoms with E-state index in [1.165, 1.54) is 0 Å². The highest BCUT2D eigenvalue weighted by Gasteiger charge is 2.36. The molecule has 0 saturated heterocycles. The minimum atomic E-state index is -3.71. The lowest BCUT2D eigenvalue weighted by Crippen LogP contribution is -2.40. The predicted octanol–water partition coefficient (Wildman–Crippen LogP) is 2.73. The molecule has 1 aromatic carbocycles. The molecule has 0 unspecified atom stereocenters. The third-order valence-electron chi connectivity index (χ3n) is 4.15. The summed E-state index contributed by atoms with van der Waals surface area (Å²) >= 11 is 0. The van der Waals surface area contributed by atoms with Crippen LogP contribution in [0.3, 0.4) is 0 Å². The van der Waals surface area contributed by atoms with Crippen molar-refractivity contribution in [1.82, 2.24) is 5.32 Å². The van der Waals surface area contributed by atoms with Gasteiger partial charge in [-0.3, -0.25) is 4.18 Å². The molecule has 0 spiro atoms. The summed E-state index contributed by atoms with van der Waals surface area (Å²) in [7, 11) is -3.71. The second kappa shape index (κ2) is 9.27. The van der Waals surface area contributed by atoms with Crippen molar-refractivity contribution < 1.29 is 30.9 Å². The maximum atomic E-state index is 13.3. The van der Waals surface area contributed by atoms with Gasteiger partial charge in [0.05, 0.1) is 18.9 Å². The van der Waals surface area contributed by atoms with Gasteiger partial charge in [-0.05, 0) is 30.7 Å². The highest BCUT2D eigenvalue weighted by atomic mass is 32.2. The Kier molecular flexibility index (Phi) is 7.33. The summed E-state index contributed by atoms with van der Waals surface area (Å²) in [4.78, 5) is 12.0. The Labute approximate surface area is 152 Å². The number of amides is 1. The number of halogens is 2. The van der Waals surface area contributed by atoms with E-state index in [1.54, 1.807) is 24.3 Å². The average Bonchev–Trinajstić information content (AvgIpc) is 2.89. The monoisotopic (exact) mass is 391 g/mol. The third kappa shape index (κ3) is 7.25. The van der Waals surface area contributed by atoms with E-state index in [1.807, 2.05) is 6.07 Å². The molecule has 0 aliphatic heterocycles. The van der Waals surface area contributed by atoms with Crippen molar-refractivity contribution in [3.8, 4) is 0 Å². The fraction of sp³-hybridized carbons (Fsp3) is 0.588. The van der Waals surface area contributed by atoms with E-state index in [0.717, 1.165) is 11.8 Å². The molecule has 6 nitrogen and oxygen atoms in total. The molecule has 1 N–H and O–H groups in total. The van der Waals surface area contributed by atoms with E-state index in [9.17, 15) is 22.0 Å². The van der Waals surface area contributed by atoms with E-state index in [0.29, 0.717) is 0 Å². The van der Waals surface area contributed by atoms with Crippen LogP contribution in [0.25, 0.3) is 0 Å². The highest BCUT2D eigenvalue weighted by Crippen LogP contribution is 2.33. The molecule has 1 amide bonds. The Bertz CT molecular complexity index is 676. The van der Waals surface area contributed by atoms with Crippen LogP contribution in [-0.2, 0) is 25.6 Å². The van der Waals surface area contributed by atoms with Crippen LogP contribution in [0.1, 0.15) is 24.8 Å². The summed E-state index contributed by atoms with van der Waals surface area (Å²) in [6.45, 7) is -0.265. The van der Waals surface area contributed by atoms with Gasteiger partial charge in [-0.15, -0.1) is 0 Å². The number of nitrogens with one attached hydrogen (secondary N) is 1. The van der Waals surface area contributed by atoms with Gasteiger partial charge in [0, 0.05) is 0 Å². The number of rotatable bonds is 8. The summed E-state index contributed by atoms with van der Waals surface area (Å²) in [6.07, 6.45) is -2.63. The molecule has 2 rings (SSSR count). The Balaban J connectivity index is 1.88. The minimum absolute atomic E-state index is 0.0390. The van der Waals surface area contributed by atoms with Crippen LogP contribution in [0, 0.1) is 5.92 Å². The molecule has 0 radical (unpaired) electrons. The van der Waals surface area contributed by atoms with Crippen molar-refractivity contribution >= 4 is 16.2 Å². The quantitative estimate of drug-likeness (QED) is 0.689. The second-order valence-electron chi connectivity index (χ2n) is 6.50. The maximum absolute atomic E-state index is 13.3. The van der Waals surface area contributed by atoms with E-state index in [2.05, 4.69) is 5.32 Å². The second-order valence-corrected chi connectivity index (χ2v) is 8.14. The van der Waals surface area contributed by atoms with Crippen molar-refractivity contribution in [3.05, 3.63) is 35.9 Å². The summed E-state index contributed by atoms with van der Waals surface area (Å²) in [6, 6.07) is 8.30. The zero-order valence-corrected chi connectivity index (χ0v) is 15.3. The predicted molar refractivity (Wildman–Crippen MR) is 91.5 cm³/mol. The van der Waals surface area contributed by atoms with E-state index >= 15 is 0 Å². The molecule has 0 heterocycles. The van der Waals surface area contributed by atoms with Crippen molar-refractivity contribution in [2.75, 3.05) is 12.9 Å². The van der Waals surface area contributed by atoms with Crippen LogP contribution in [0.15, 0.2) is 30.3 Å². The number of alkyl carbamates (subject to hydrolysis) is 1. The molecule has 1 aromatic rings. The molecule has 26 heavy (non-hydrogen) atoms. The zero-order valence-electron chi connectivity index (χ0n) is 14.4. The molecule has 1 saturated carbocycles. The van der Waals surface area contributed by atoms with E-state index in [-0.39, 0.29) is 38.4 Å². The molecule has 4 atom stereocenters. The fourth-order valence-electron chi connectivity index (χ4n) is 2.93. The van der Waals surface area contributed by atoms with Crippen LogP contribution in [0.2, 0.25) is 0 Å². The first kappa shape index (κ1) is 20.6. The lowest BCUT2D eigenvalue weighted by atomic mass is 9.99. The maximum Gasteiger partial charge on any atom is 0.407 e. The lowest BCUT2D eigenvalue weighted by molar-refractivity contribution is 0.128. The van der Waals surface area contributed by atoms with E-state index < -0.39 is 34.6 Å². The summed E-state index contributed by atoms with van der Waals surface area (Å²) in [5, 5.41) is 2.52. The minimum Gasteiger partial charge on any atom is -0.445 e. The number of hydrogen-bond acceptors (Lipinski definition) is 5. The Hall–Kier alpha value is -1.74. The molecular formula is C17H23F2NO5S. The molecule has 9 heteroatoms. The fourth-order valence-corrected chi connectivity index (χ4v) is 3.34. The summed E-state index contributed by atoms with van der Waals surface area (Å²) < 4.78 is 58.9. The van der Waals surface area contributed by atoms with Gasteiger partial charge in [0.15, 0.2) is 0 Å². The van der Waals surface area contributed by atoms with Crippen LogP contribution >= 0.6 is 0 Å². The first-order valence-electron chi connectivity index (χ1n) is 8.32. The van der Waals surface area contributed by atoms with Crippen LogP contribution in [0.5, 0.6) is 0 Å². The molecule has 1 aliphatic rings. The van der Waals surface area contributed by atoms with Crippen LogP contribution in [-0.4, -0.2) is 45.8 Å². The zero-order chi connectivity index (χ0) is 19.2. The average molecular weight is 391 g/mol. The number of carbonyl (C=O) groups excluding carboxylic acids is 1. The third-order valence-corrected chi connectivity index (χ3v) is 4.71. The van der Waals surface area contributed by atoms with Gasteiger partial charge < -0.3 is 10.1 Å². The van der Waals surface area contributed by atoms with Gasteiger partial charge in [0.1, 0.15) is 19.0 Å². The molecule has 0 bridgehead atoms. The van der Waals surface area contributed by atoms with Crippen LogP contribution in [0.4, 0.5) is 13.6 Å². The summed E-state index contributed by atoms with van der Waals surface area (Å²) in [5.41, 5.74) is 0.794. The van der Waals surface area contributed by atoms with Gasteiger partial charge in [-0.1, -0.05) is 30.3 Å². The van der Waals surface area contributed by atoms with Gasteiger partial charge in [0.25, 0.3) is 10.1 Å². The Morgan fingerprint density at radius 2 is 1.85 bits per heavy atom. The molecular weight excluding hydrogens is 368 g/mol. The SMILES string of the molecule is CS(=O)(=O)OC[C@H](C[C@H]1C[C@@H](F)[C@@H](F)C1)NC(=O)OCc1ccccc1. The number of alkyl halides is 2. The number of carbonyl (C=O) groups is 1. The number of benzene rings is 1. The number of hydrogen-bond donors (Lipinski definition) is 1. The molecule has 1 fully saturated rings. The molecule has 1 aliphatic carbocycles. The largest absolute Gasteiger partial charge is 0.445 e. The van der Waals surface area contributed by atoms with E-state index in [4.69, 9.17) is 8.92 Å². The Morgan fingerprint density at radius 3 is 2.42 bits per heavy atom. The topological polar surface area (TPSA) is 81.7 Å². The van der Waals surface area contributed by atoms with Crippen molar-refractivity contribution in [1.29, 1.82) is 0 Å². The summed E-state index contributed by atoms with van der Waals surface area (Å²) in [5.74, 6) is -0.303. The van der Waals surface area contributed by atoms with Gasteiger partial charge in [0.2, 0.25) is 0 Å². The van der Waals surface area contributed by atoms with Crippen molar-refractivity contribution in [3.63, 3.8) is 0 Å².